The lowest BCUT2D eigenvalue weighted by Crippen LogP contribution is -2.13. The molecule has 0 atom stereocenters. The van der Waals surface area contributed by atoms with Gasteiger partial charge in [-0.25, -0.2) is 0 Å². The standard InChI is InChI=1S/C14H8Cl2F3NO/c15-10-4-8(5-11(16)7-10)13(21)20-12-3-1-2-9(6-12)14(17,18)19/h1-7H,(H,20,21). The van der Waals surface area contributed by atoms with Gasteiger partial charge in [-0.2, -0.15) is 13.2 Å². The Morgan fingerprint density at radius 2 is 1.62 bits per heavy atom. The van der Waals surface area contributed by atoms with Gasteiger partial charge in [0.25, 0.3) is 5.91 Å². The van der Waals surface area contributed by atoms with Gasteiger partial charge in [-0.15, -0.1) is 0 Å². The van der Waals surface area contributed by atoms with E-state index in [0.717, 1.165) is 12.1 Å². The van der Waals surface area contributed by atoms with Crippen molar-refractivity contribution in [1.29, 1.82) is 0 Å². The summed E-state index contributed by atoms with van der Waals surface area (Å²) in [5.41, 5.74) is -0.653. The van der Waals surface area contributed by atoms with E-state index in [2.05, 4.69) is 5.32 Å². The quantitative estimate of drug-likeness (QED) is 0.797. The molecule has 2 nitrogen and oxygen atoms in total. The predicted octanol–water partition coefficient (Wildman–Crippen LogP) is 5.26. The zero-order chi connectivity index (χ0) is 15.6. The topological polar surface area (TPSA) is 29.1 Å². The van der Waals surface area contributed by atoms with Crippen LogP contribution in [0.4, 0.5) is 18.9 Å². The molecule has 7 heteroatoms. The van der Waals surface area contributed by atoms with Gasteiger partial charge < -0.3 is 5.32 Å². The summed E-state index contributed by atoms with van der Waals surface area (Å²) in [6, 6.07) is 8.54. The fraction of sp³-hybridized carbons (Fsp3) is 0.0714. The SMILES string of the molecule is O=C(Nc1cccc(C(F)(F)F)c1)c1cc(Cl)cc(Cl)c1. The van der Waals surface area contributed by atoms with Crippen molar-refractivity contribution in [2.75, 3.05) is 5.32 Å². The summed E-state index contributed by atoms with van der Waals surface area (Å²) in [4.78, 5) is 12.0. The molecule has 2 aromatic rings. The number of hydrogen-bond acceptors (Lipinski definition) is 1. The van der Waals surface area contributed by atoms with Gasteiger partial charge in [0.15, 0.2) is 0 Å². The Balaban J connectivity index is 2.23. The normalized spacial score (nSPS) is 11.3. The molecular formula is C14H8Cl2F3NO. The van der Waals surface area contributed by atoms with Gasteiger partial charge in [-0.1, -0.05) is 29.3 Å². The highest BCUT2D eigenvalue weighted by atomic mass is 35.5. The van der Waals surface area contributed by atoms with E-state index in [1.807, 2.05) is 0 Å². The largest absolute Gasteiger partial charge is 0.416 e. The maximum absolute atomic E-state index is 12.6. The first-order valence-electron chi connectivity index (χ1n) is 5.70. The molecule has 0 aromatic heterocycles. The third-order valence-corrected chi connectivity index (χ3v) is 3.01. The van der Waals surface area contributed by atoms with Crippen molar-refractivity contribution < 1.29 is 18.0 Å². The van der Waals surface area contributed by atoms with E-state index in [9.17, 15) is 18.0 Å². The Morgan fingerprint density at radius 3 is 2.19 bits per heavy atom. The van der Waals surface area contributed by atoms with Crippen molar-refractivity contribution in [3.05, 3.63) is 63.6 Å². The molecule has 0 spiro atoms. The Kier molecular flexibility index (Phi) is 4.44. The molecule has 0 fully saturated rings. The summed E-state index contributed by atoms with van der Waals surface area (Å²) < 4.78 is 37.8. The molecule has 110 valence electrons. The molecular weight excluding hydrogens is 326 g/mol. The summed E-state index contributed by atoms with van der Waals surface area (Å²) in [5, 5.41) is 2.89. The molecule has 0 radical (unpaired) electrons. The maximum atomic E-state index is 12.6. The van der Waals surface area contributed by atoms with E-state index in [0.29, 0.717) is 0 Å². The van der Waals surface area contributed by atoms with Crippen LogP contribution in [0.2, 0.25) is 10.0 Å². The van der Waals surface area contributed by atoms with Crippen LogP contribution in [0.5, 0.6) is 0 Å². The fourth-order valence-corrected chi connectivity index (χ4v) is 2.19. The Morgan fingerprint density at radius 1 is 1.00 bits per heavy atom. The molecule has 0 aliphatic carbocycles. The third kappa shape index (κ3) is 4.12. The second-order valence-corrected chi connectivity index (χ2v) is 5.06. The molecule has 0 bridgehead atoms. The number of carbonyl (C=O) groups excluding carboxylic acids is 1. The highest BCUT2D eigenvalue weighted by Gasteiger charge is 2.30. The molecule has 21 heavy (non-hydrogen) atoms. The first-order valence-corrected chi connectivity index (χ1v) is 6.46. The smallest absolute Gasteiger partial charge is 0.322 e. The zero-order valence-corrected chi connectivity index (χ0v) is 11.9. The number of carbonyl (C=O) groups is 1. The van der Waals surface area contributed by atoms with Gasteiger partial charge in [0.1, 0.15) is 0 Å². The van der Waals surface area contributed by atoms with Crippen LogP contribution in [-0.2, 0) is 6.18 Å². The molecule has 0 saturated carbocycles. The number of benzene rings is 2. The third-order valence-electron chi connectivity index (χ3n) is 2.57. The molecule has 0 aliphatic heterocycles. The van der Waals surface area contributed by atoms with Gasteiger partial charge >= 0.3 is 6.18 Å². The van der Waals surface area contributed by atoms with E-state index < -0.39 is 17.6 Å². The monoisotopic (exact) mass is 333 g/mol. The lowest BCUT2D eigenvalue weighted by molar-refractivity contribution is -0.137. The van der Waals surface area contributed by atoms with Crippen LogP contribution >= 0.6 is 23.2 Å². The number of nitrogens with one attached hydrogen (secondary N) is 1. The average Bonchev–Trinajstić information content (AvgIpc) is 2.37. The number of rotatable bonds is 2. The van der Waals surface area contributed by atoms with Crippen molar-refractivity contribution in [3.8, 4) is 0 Å². The summed E-state index contributed by atoms with van der Waals surface area (Å²) in [6.45, 7) is 0. The van der Waals surface area contributed by atoms with E-state index >= 15 is 0 Å². The maximum Gasteiger partial charge on any atom is 0.416 e. The summed E-state index contributed by atoms with van der Waals surface area (Å²) in [7, 11) is 0. The van der Waals surface area contributed by atoms with Crippen LogP contribution in [0, 0.1) is 0 Å². The van der Waals surface area contributed by atoms with Gasteiger partial charge in [0.2, 0.25) is 0 Å². The van der Waals surface area contributed by atoms with Gasteiger partial charge in [-0.05, 0) is 36.4 Å². The van der Waals surface area contributed by atoms with Crippen LogP contribution in [0.1, 0.15) is 15.9 Å². The van der Waals surface area contributed by atoms with Crippen molar-refractivity contribution in [2.24, 2.45) is 0 Å². The molecule has 0 unspecified atom stereocenters. The number of alkyl halides is 3. The average molecular weight is 334 g/mol. The summed E-state index contributed by atoms with van der Waals surface area (Å²) >= 11 is 11.5. The summed E-state index contributed by atoms with van der Waals surface area (Å²) in [5.74, 6) is -0.598. The van der Waals surface area contributed by atoms with Gasteiger partial charge in [0, 0.05) is 21.3 Å². The van der Waals surface area contributed by atoms with Crippen molar-refractivity contribution >= 4 is 34.8 Å². The zero-order valence-electron chi connectivity index (χ0n) is 10.3. The second-order valence-electron chi connectivity index (χ2n) is 4.19. The minimum atomic E-state index is -4.47. The summed E-state index contributed by atoms with van der Waals surface area (Å²) in [6.07, 6.45) is -4.47. The van der Waals surface area contributed by atoms with E-state index in [-0.39, 0.29) is 21.3 Å². The molecule has 1 amide bonds. The molecule has 1 N–H and O–H groups in total. The van der Waals surface area contributed by atoms with Gasteiger partial charge in [-0.3, -0.25) is 4.79 Å². The van der Waals surface area contributed by atoms with E-state index in [1.54, 1.807) is 0 Å². The number of anilines is 1. The number of amides is 1. The first kappa shape index (κ1) is 15.7. The fourth-order valence-electron chi connectivity index (χ4n) is 1.66. The van der Waals surface area contributed by atoms with Crippen LogP contribution < -0.4 is 5.32 Å². The highest BCUT2D eigenvalue weighted by Crippen LogP contribution is 2.30. The van der Waals surface area contributed by atoms with Crippen molar-refractivity contribution in [2.45, 2.75) is 6.18 Å². The predicted molar refractivity (Wildman–Crippen MR) is 75.9 cm³/mol. The van der Waals surface area contributed by atoms with Crippen LogP contribution in [0.25, 0.3) is 0 Å². The van der Waals surface area contributed by atoms with Crippen LogP contribution in [0.15, 0.2) is 42.5 Å². The number of halogens is 5. The lowest BCUT2D eigenvalue weighted by atomic mass is 10.1. The van der Waals surface area contributed by atoms with Gasteiger partial charge in [0.05, 0.1) is 5.56 Å². The minimum Gasteiger partial charge on any atom is -0.322 e. The molecule has 0 aliphatic rings. The number of hydrogen-bond donors (Lipinski definition) is 1. The molecule has 2 rings (SSSR count). The van der Waals surface area contributed by atoms with Crippen LogP contribution in [0.3, 0.4) is 0 Å². The molecule has 2 aromatic carbocycles. The van der Waals surface area contributed by atoms with E-state index in [4.69, 9.17) is 23.2 Å². The van der Waals surface area contributed by atoms with Crippen LogP contribution in [-0.4, -0.2) is 5.91 Å². The Hall–Kier alpha value is -1.72. The minimum absolute atomic E-state index is 0.0333. The molecule has 0 saturated heterocycles. The second kappa shape index (κ2) is 5.95. The molecule has 0 heterocycles. The van der Waals surface area contributed by atoms with Crippen molar-refractivity contribution in [3.63, 3.8) is 0 Å². The lowest BCUT2D eigenvalue weighted by Gasteiger charge is -2.10. The Bertz CT molecular complexity index is 666. The van der Waals surface area contributed by atoms with E-state index in [1.165, 1.54) is 30.3 Å². The van der Waals surface area contributed by atoms with Crippen molar-refractivity contribution in [1.82, 2.24) is 0 Å². The first-order chi connectivity index (χ1) is 9.75. The highest BCUT2D eigenvalue weighted by molar-refractivity contribution is 6.35. The Labute approximate surface area is 128 Å².